The second-order valence-electron chi connectivity index (χ2n) is 8.06. The first kappa shape index (κ1) is 25.0. The minimum absolute atomic E-state index is 0.0421. The van der Waals surface area contributed by atoms with Gasteiger partial charge in [-0.1, -0.05) is 20.3 Å². The van der Waals surface area contributed by atoms with Gasteiger partial charge >= 0.3 is 12.4 Å². The van der Waals surface area contributed by atoms with Gasteiger partial charge in [-0.3, -0.25) is 4.79 Å². The van der Waals surface area contributed by atoms with Crippen LogP contribution in [-0.4, -0.2) is 54.7 Å². The number of carbonyl (C=O) groups is 2. The Bertz CT molecular complexity index is 672. The van der Waals surface area contributed by atoms with Gasteiger partial charge in [-0.15, -0.1) is 0 Å². The number of guanidine groups is 1. The van der Waals surface area contributed by atoms with Gasteiger partial charge < -0.3 is 26.3 Å². The van der Waals surface area contributed by atoms with E-state index < -0.39 is 36.5 Å². The number of rotatable bonds is 9. The predicted molar refractivity (Wildman–Crippen MR) is 112 cm³/mol. The van der Waals surface area contributed by atoms with Crippen LogP contribution < -0.4 is 16.8 Å². The lowest BCUT2D eigenvalue weighted by Crippen LogP contribution is -2.55. The standard InChI is InChI=1S/C21H34F2N4O4/c1-3-13(4-2)30-16-11-12(20(29)31-14-8-6-5-7-9-14)10-15(26-21(24)25)17(16)27-19(28)18(22)23/h11,13-18H,3-10H2,1-2H3,(H,27,28)(H4,24,25,26)/t15-,16+,17+/m0/s1. The van der Waals surface area contributed by atoms with Crippen molar-refractivity contribution in [3.63, 3.8) is 0 Å². The lowest BCUT2D eigenvalue weighted by molar-refractivity contribution is -0.146. The van der Waals surface area contributed by atoms with Crippen molar-refractivity contribution in [1.82, 2.24) is 5.32 Å². The van der Waals surface area contributed by atoms with Crippen LogP contribution in [0.25, 0.3) is 0 Å². The third-order valence-corrected chi connectivity index (χ3v) is 5.73. The first-order valence-corrected chi connectivity index (χ1v) is 11.0. The zero-order valence-corrected chi connectivity index (χ0v) is 18.2. The van der Waals surface area contributed by atoms with Crippen LogP contribution >= 0.6 is 0 Å². The summed E-state index contributed by atoms with van der Waals surface area (Å²) in [4.78, 5) is 28.7. The number of nitrogens with two attached hydrogens (primary N) is 2. The van der Waals surface area contributed by atoms with E-state index in [1.807, 2.05) is 13.8 Å². The molecule has 5 N–H and O–H groups in total. The van der Waals surface area contributed by atoms with Crippen molar-refractivity contribution in [1.29, 1.82) is 0 Å². The number of nitrogens with zero attached hydrogens (tertiary/aromatic N) is 1. The van der Waals surface area contributed by atoms with Crippen molar-refractivity contribution >= 4 is 17.8 Å². The predicted octanol–water partition coefficient (Wildman–Crippen LogP) is 2.16. The van der Waals surface area contributed by atoms with Crippen molar-refractivity contribution in [2.24, 2.45) is 16.5 Å². The number of hydrogen-bond donors (Lipinski definition) is 3. The molecule has 31 heavy (non-hydrogen) atoms. The van der Waals surface area contributed by atoms with Crippen LogP contribution in [0.15, 0.2) is 16.6 Å². The highest BCUT2D eigenvalue weighted by molar-refractivity contribution is 5.89. The monoisotopic (exact) mass is 444 g/mol. The molecule has 1 saturated carbocycles. The summed E-state index contributed by atoms with van der Waals surface area (Å²) in [7, 11) is 0. The average molecular weight is 445 g/mol. The number of aliphatic imine (C=N–C) groups is 1. The van der Waals surface area contributed by atoms with E-state index in [1.54, 1.807) is 6.08 Å². The Morgan fingerprint density at radius 1 is 1.19 bits per heavy atom. The largest absolute Gasteiger partial charge is 0.459 e. The van der Waals surface area contributed by atoms with E-state index in [-0.39, 0.29) is 24.6 Å². The molecule has 0 saturated heterocycles. The van der Waals surface area contributed by atoms with Crippen LogP contribution in [-0.2, 0) is 19.1 Å². The highest BCUT2D eigenvalue weighted by Gasteiger charge is 2.39. The van der Waals surface area contributed by atoms with Gasteiger partial charge in [0.15, 0.2) is 5.96 Å². The average Bonchev–Trinajstić information content (AvgIpc) is 2.73. The topological polar surface area (TPSA) is 129 Å². The number of amides is 1. The zero-order valence-electron chi connectivity index (χ0n) is 18.2. The molecule has 0 heterocycles. The Morgan fingerprint density at radius 3 is 2.39 bits per heavy atom. The number of carbonyl (C=O) groups excluding carboxylic acids is 2. The molecule has 10 heteroatoms. The van der Waals surface area contributed by atoms with Gasteiger partial charge in [0.2, 0.25) is 0 Å². The van der Waals surface area contributed by atoms with Gasteiger partial charge in [0.25, 0.3) is 5.91 Å². The maximum absolute atomic E-state index is 12.9. The molecular weight excluding hydrogens is 410 g/mol. The van der Waals surface area contributed by atoms with E-state index in [0.717, 1.165) is 32.1 Å². The third kappa shape index (κ3) is 7.45. The van der Waals surface area contributed by atoms with Gasteiger partial charge in [0, 0.05) is 12.0 Å². The van der Waals surface area contributed by atoms with Gasteiger partial charge in [-0.2, -0.15) is 8.78 Å². The van der Waals surface area contributed by atoms with Crippen LogP contribution in [0.4, 0.5) is 8.78 Å². The first-order valence-electron chi connectivity index (χ1n) is 11.0. The van der Waals surface area contributed by atoms with Crippen molar-refractivity contribution < 1.29 is 27.8 Å². The van der Waals surface area contributed by atoms with E-state index >= 15 is 0 Å². The Hall–Kier alpha value is -2.23. The van der Waals surface area contributed by atoms with Crippen LogP contribution in [0.1, 0.15) is 65.2 Å². The Morgan fingerprint density at radius 2 is 1.84 bits per heavy atom. The van der Waals surface area contributed by atoms with Crippen molar-refractivity contribution in [3.8, 4) is 0 Å². The molecule has 0 spiro atoms. The van der Waals surface area contributed by atoms with Crippen LogP contribution in [0.3, 0.4) is 0 Å². The lowest BCUT2D eigenvalue weighted by Gasteiger charge is -2.37. The first-order chi connectivity index (χ1) is 14.7. The fraction of sp³-hybridized carbons (Fsp3) is 0.762. The maximum Gasteiger partial charge on any atom is 0.334 e. The van der Waals surface area contributed by atoms with Gasteiger partial charge in [-0.05, 0) is 44.6 Å². The molecule has 1 fully saturated rings. The molecule has 1 amide bonds. The van der Waals surface area contributed by atoms with Gasteiger partial charge in [0.05, 0.1) is 24.3 Å². The summed E-state index contributed by atoms with van der Waals surface area (Å²) in [6.45, 7) is 3.86. The Kier molecular flexibility index (Phi) is 9.67. The minimum atomic E-state index is -3.20. The molecule has 0 aliphatic heterocycles. The smallest absolute Gasteiger partial charge is 0.334 e. The zero-order chi connectivity index (χ0) is 23.0. The number of esters is 1. The summed E-state index contributed by atoms with van der Waals surface area (Å²) >= 11 is 0. The van der Waals surface area contributed by atoms with E-state index in [4.69, 9.17) is 20.9 Å². The number of halogens is 2. The lowest BCUT2D eigenvalue weighted by atomic mass is 9.87. The number of nitrogens with one attached hydrogen (secondary N) is 1. The van der Waals surface area contributed by atoms with Crippen molar-refractivity contribution in [3.05, 3.63) is 11.6 Å². The van der Waals surface area contributed by atoms with E-state index in [2.05, 4.69) is 10.3 Å². The number of hydrogen-bond acceptors (Lipinski definition) is 5. The summed E-state index contributed by atoms with van der Waals surface area (Å²) in [5, 5.41) is 2.29. The highest BCUT2D eigenvalue weighted by Crippen LogP contribution is 2.29. The fourth-order valence-electron chi connectivity index (χ4n) is 4.05. The molecule has 8 nitrogen and oxygen atoms in total. The summed E-state index contributed by atoms with van der Waals surface area (Å²) in [6.07, 6.45) is 3.33. The third-order valence-electron chi connectivity index (χ3n) is 5.73. The van der Waals surface area contributed by atoms with Crippen LogP contribution in [0, 0.1) is 0 Å². The number of ether oxygens (including phenoxy) is 2. The molecule has 0 aromatic carbocycles. The maximum atomic E-state index is 12.9. The summed E-state index contributed by atoms with van der Waals surface area (Å²) in [6, 6.07) is -1.79. The van der Waals surface area contributed by atoms with Gasteiger partial charge in [-0.25, -0.2) is 9.79 Å². The fourth-order valence-corrected chi connectivity index (χ4v) is 4.05. The normalized spacial score (nSPS) is 24.6. The summed E-state index contributed by atoms with van der Waals surface area (Å²) in [5.74, 6) is -2.20. The molecule has 0 aromatic heterocycles. The summed E-state index contributed by atoms with van der Waals surface area (Å²) in [5.41, 5.74) is 11.4. The molecule has 0 aromatic rings. The molecule has 2 rings (SSSR count). The van der Waals surface area contributed by atoms with Crippen molar-refractivity contribution in [2.75, 3.05) is 0 Å². The SMILES string of the molecule is CCC(CC)O[C@@H]1C=C(C(=O)OC2CCCCC2)C[C@H](N=C(N)N)[C@H]1NC(=O)C(F)F. The Balaban J connectivity index is 2.31. The van der Waals surface area contributed by atoms with Crippen LogP contribution in [0.2, 0.25) is 0 Å². The second-order valence-corrected chi connectivity index (χ2v) is 8.06. The molecule has 0 bridgehead atoms. The molecule has 3 atom stereocenters. The number of alkyl halides is 2. The minimum Gasteiger partial charge on any atom is -0.459 e. The Labute approximate surface area is 181 Å². The molecule has 0 unspecified atom stereocenters. The van der Waals surface area contributed by atoms with E-state index in [0.29, 0.717) is 18.4 Å². The van der Waals surface area contributed by atoms with E-state index in [9.17, 15) is 18.4 Å². The molecule has 2 aliphatic carbocycles. The quantitative estimate of drug-likeness (QED) is 0.284. The highest BCUT2D eigenvalue weighted by atomic mass is 19.3. The van der Waals surface area contributed by atoms with Crippen molar-refractivity contribution in [2.45, 2.75) is 102 Å². The van der Waals surface area contributed by atoms with E-state index in [1.165, 1.54) is 0 Å². The molecule has 0 radical (unpaired) electrons. The summed E-state index contributed by atoms with van der Waals surface area (Å²) < 4.78 is 37.6. The van der Waals surface area contributed by atoms with Gasteiger partial charge in [0.1, 0.15) is 6.10 Å². The molecular formula is C21H34F2N4O4. The molecule has 2 aliphatic rings. The van der Waals surface area contributed by atoms with Crippen LogP contribution in [0.5, 0.6) is 0 Å². The second kappa shape index (κ2) is 12.0. The molecule has 176 valence electrons.